The third kappa shape index (κ3) is 8.48. The Morgan fingerprint density at radius 2 is 1.58 bits per heavy atom. The highest BCUT2D eigenvalue weighted by Crippen LogP contribution is 2.33. The Morgan fingerprint density at radius 1 is 0.783 bits per heavy atom. The number of primary amides is 1. The van der Waals surface area contributed by atoms with Crippen LogP contribution < -0.4 is 20.9 Å². The Balaban J connectivity index is 0.743. The molecule has 5 saturated heterocycles. The van der Waals surface area contributed by atoms with Crippen molar-refractivity contribution in [3.8, 4) is 0 Å². The first-order valence-corrected chi connectivity index (χ1v) is 22.2. The minimum Gasteiger partial charge on any atom is -0.372 e. The van der Waals surface area contributed by atoms with Gasteiger partial charge in [0.1, 0.15) is 17.6 Å². The van der Waals surface area contributed by atoms with Crippen LogP contribution in [0.5, 0.6) is 0 Å². The molecule has 0 spiro atoms. The van der Waals surface area contributed by atoms with Gasteiger partial charge >= 0.3 is 0 Å². The summed E-state index contributed by atoms with van der Waals surface area (Å²) in [6, 6.07) is 14.5. The molecular weight excluding hydrogens is 759 g/mol. The number of imide groups is 1. The third-order valence-corrected chi connectivity index (χ3v) is 14.0. The Morgan fingerprint density at radius 3 is 2.32 bits per heavy atom. The fraction of sp³-hybridized carbons (Fsp3) is 0.543. The van der Waals surface area contributed by atoms with E-state index in [0.29, 0.717) is 55.3 Å². The number of fused-ring (bicyclic) bond motifs is 1. The first-order chi connectivity index (χ1) is 29.2. The van der Waals surface area contributed by atoms with E-state index in [-0.39, 0.29) is 41.8 Å². The van der Waals surface area contributed by atoms with Gasteiger partial charge in [0, 0.05) is 82.4 Å². The van der Waals surface area contributed by atoms with Gasteiger partial charge in [-0.2, -0.15) is 0 Å². The van der Waals surface area contributed by atoms with E-state index in [0.717, 1.165) is 114 Å². The van der Waals surface area contributed by atoms with Crippen molar-refractivity contribution in [2.24, 2.45) is 11.7 Å². The van der Waals surface area contributed by atoms with Gasteiger partial charge in [0.25, 0.3) is 11.8 Å². The van der Waals surface area contributed by atoms with E-state index in [1.54, 1.807) is 11.1 Å². The van der Waals surface area contributed by atoms with E-state index in [1.807, 2.05) is 11.0 Å². The number of hydrogen-bond donors (Lipinski definition) is 2. The molecule has 3 aromatic rings. The van der Waals surface area contributed by atoms with E-state index in [1.165, 1.54) is 11.3 Å². The minimum atomic E-state index is -0.578. The molecule has 7 heterocycles. The summed E-state index contributed by atoms with van der Waals surface area (Å²) in [7, 11) is 0. The number of amides is 5. The maximum Gasteiger partial charge on any atom is 0.269 e. The zero-order valence-electron chi connectivity index (χ0n) is 34.5. The van der Waals surface area contributed by atoms with Crippen LogP contribution in [0.1, 0.15) is 113 Å². The average Bonchev–Trinajstić information content (AvgIpc) is 3.70. The number of nitrogens with zero attached hydrogens (tertiary/aromatic N) is 7. The highest BCUT2D eigenvalue weighted by Gasteiger charge is 2.38. The van der Waals surface area contributed by atoms with Crippen LogP contribution in [-0.2, 0) is 27.2 Å². The first-order valence-electron chi connectivity index (χ1n) is 22.2. The molecule has 60 heavy (non-hydrogen) atoms. The molecule has 0 radical (unpaired) electrons. The molecule has 9 rings (SSSR count). The van der Waals surface area contributed by atoms with E-state index < -0.39 is 11.9 Å². The second-order valence-corrected chi connectivity index (χ2v) is 17.8. The molecule has 2 atom stereocenters. The summed E-state index contributed by atoms with van der Waals surface area (Å²) in [5.41, 5.74) is 11.8. The Labute approximate surface area is 351 Å². The number of anilines is 2. The number of nitrogens with two attached hydrogens (primary N) is 1. The fourth-order valence-electron chi connectivity index (χ4n) is 10.6. The zero-order chi connectivity index (χ0) is 41.3. The second-order valence-electron chi connectivity index (χ2n) is 17.8. The second kappa shape index (κ2) is 17.3. The van der Waals surface area contributed by atoms with E-state index in [2.05, 4.69) is 61.4 Å². The molecule has 3 N–H and O–H groups in total. The SMILES string of the molecule is NC(=O)c1ncc(N2CCC[C@H](N3CCCC3=O)C2)nc1Cc1ccc(C2CCN(CC3CCN(c4ccc5c(c4)CCN(C4CCC(=O)NC4=O)C5=O)CC3)CC2)cc1. The quantitative estimate of drug-likeness (QED) is 0.289. The predicted molar refractivity (Wildman–Crippen MR) is 227 cm³/mol. The van der Waals surface area contributed by atoms with E-state index in [9.17, 15) is 24.0 Å². The molecule has 5 amide bonds. The molecule has 0 bridgehead atoms. The molecule has 6 aliphatic heterocycles. The molecule has 1 unspecified atom stereocenters. The highest BCUT2D eigenvalue weighted by atomic mass is 16.2. The van der Waals surface area contributed by atoms with Gasteiger partial charge in [0.05, 0.1) is 11.9 Å². The van der Waals surface area contributed by atoms with Crippen molar-refractivity contribution in [1.82, 2.24) is 30.0 Å². The van der Waals surface area contributed by atoms with Gasteiger partial charge in [-0.3, -0.25) is 29.3 Å². The summed E-state index contributed by atoms with van der Waals surface area (Å²) in [4.78, 5) is 82.7. The lowest BCUT2D eigenvalue weighted by molar-refractivity contribution is -0.137. The molecule has 14 heteroatoms. The summed E-state index contributed by atoms with van der Waals surface area (Å²) in [6.07, 6.45) is 11.6. The van der Waals surface area contributed by atoms with Gasteiger partial charge in [0.15, 0.2) is 0 Å². The number of carbonyl (C=O) groups excluding carboxylic acids is 5. The monoisotopic (exact) mass is 815 g/mol. The van der Waals surface area contributed by atoms with Crippen molar-refractivity contribution in [1.29, 1.82) is 0 Å². The molecule has 0 saturated carbocycles. The summed E-state index contributed by atoms with van der Waals surface area (Å²) < 4.78 is 0. The molecule has 5 fully saturated rings. The van der Waals surface area contributed by atoms with Gasteiger partial charge in [-0.1, -0.05) is 24.3 Å². The third-order valence-electron chi connectivity index (χ3n) is 14.0. The maximum absolute atomic E-state index is 13.4. The lowest BCUT2D eigenvalue weighted by atomic mass is 9.87. The molecule has 1 aromatic heterocycles. The van der Waals surface area contributed by atoms with Crippen LogP contribution in [0.25, 0.3) is 0 Å². The van der Waals surface area contributed by atoms with Crippen molar-refractivity contribution >= 4 is 41.0 Å². The Hall–Kier alpha value is -5.37. The molecule has 0 aliphatic carbocycles. The normalized spacial score (nSPS) is 23.6. The highest BCUT2D eigenvalue weighted by molar-refractivity contribution is 6.04. The van der Waals surface area contributed by atoms with E-state index in [4.69, 9.17) is 10.7 Å². The minimum absolute atomic E-state index is 0.120. The van der Waals surface area contributed by atoms with Crippen LogP contribution in [0.4, 0.5) is 11.5 Å². The standard InChI is InChI=1S/C46H57N9O5/c47-44(58)43-38(49-40(27-48-43)53-18-1-3-36(29-53)54-19-2-4-42(54)57)25-30-5-7-32(8-6-30)33-15-20-51(21-16-33)28-31-13-22-52(23-14-31)35-9-10-37-34(26-35)17-24-55(46(37)60)39-11-12-41(56)50-45(39)59/h5-10,26-27,31,33,36,39H,1-4,11-25,28-29H2,(H2,47,58)(H,50,56,59)/t36-,39?/m0/s1. The summed E-state index contributed by atoms with van der Waals surface area (Å²) in [5, 5.41) is 2.39. The zero-order valence-corrected chi connectivity index (χ0v) is 34.5. The van der Waals surface area contributed by atoms with Crippen molar-refractivity contribution in [3.63, 3.8) is 0 Å². The van der Waals surface area contributed by atoms with Crippen LogP contribution >= 0.6 is 0 Å². The smallest absolute Gasteiger partial charge is 0.269 e. The van der Waals surface area contributed by atoms with E-state index >= 15 is 0 Å². The largest absolute Gasteiger partial charge is 0.372 e. The van der Waals surface area contributed by atoms with Crippen LogP contribution in [-0.4, -0.2) is 125 Å². The van der Waals surface area contributed by atoms with Crippen LogP contribution in [0, 0.1) is 5.92 Å². The van der Waals surface area contributed by atoms with Crippen molar-refractivity contribution in [2.75, 3.05) is 68.7 Å². The number of rotatable bonds is 10. The Bertz CT molecular complexity index is 2130. The van der Waals surface area contributed by atoms with Gasteiger partial charge in [-0.15, -0.1) is 0 Å². The number of likely N-dealkylation sites (tertiary alicyclic amines) is 2. The molecular formula is C46H57N9O5. The number of piperidine rings is 4. The van der Waals surface area contributed by atoms with Gasteiger partial charge in [0.2, 0.25) is 17.7 Å². The topological polar surface area (TPSA) is 165 Å². The molecule has 2 aromatic carbocycles. The average molecular weight is 816 g/mol. The number of carbonyl (C=O) groups is 5. The number of aromatic nitrogens is 2. The maximum atomic E-state index is 13.4. The van der Waals surface area contributed by atoms with Gasteiger partial charge in [-0.05, 0) is 118 Å². The number of hydrogen-bond acceptors (Lipinski definition) is 10. The Kier molecular flexibility index (Phi) is 11.6. The fourth-order valence-corrected chi connectivity index (χ4v) is 10.6. The van der Waals surface area contributed by atoms with Gasteiger partial charge < -0.3 is 30.2 Å². The van der Waals surface area contributed by atoms with Crippen molar-refractivity contribution in [2.45, 2.75) is 95.1 Å². The lowest BCUT2D eigenvalue weighted by Gasteiger charge is -2.39. The lowest BCUT2D eigenvalue weighted by Crippen LogP contribution is -2.55. The number of nitrogens with one attached hydrogen (secondary N) is 1. The summed E-state index contributed by atoms with van der Waals surface area (Å²) in [5.74, 6) is 0.823. The first kappa shape index (κ1) is 40.1. The van der Waals surface area contributed by atoms with Gasteiger partial charge in [-0.25, -0.2) is 9.97 Å². The van der Waals surface area contributed by atoms with Crippen LogP contribution in [0.3, 0.4) is 0 Å². The van der Waals surface area contributed by atoms with Crippen molar-refractivity contribution < 1.29 is 24.0 Å². The molecule has 6 aliphatic rings. The molecule has 316 valence electrons. The van der Waals surface area contributed by atoms with Crippen molar-refractivity contribution in [3.05, 3.63) is 82.3 Å². The summed E-state index contributed by atoms with van der Waals surface area (Å²) >= 11 is 0. The molecule has 14 nitrogen and oxygen atoms in total. The predicted octanol–water partition coefficient (Wildman–Crippen LogP) is 3.66. The number of benzene rings is 2. The van der Waals surface area contributed by atoms with Crippen LogP contribution in [0.15, 0.2) is 48.7 Å². The summed E-state index contributed by atoms with van der Waals surface area (Å²) in [6.45, 7) is 8.19. The van der Waals surface area contributed by atoms with Crippen LogP contribution in [0.2, 0.25) is 0 Å².